The summed E-state index contributed by atoms with van der Waals surface area (Å²) in [5, 5.41) is 0. The van der Waals surface area contributed by atoms with Crippen molar-refractivity contribution in [2.75, 3.05) is 19.6 Å². The second-order valence-electron chi connectivity index (χ2n) is 6.05. The lowest BCUT2D eigenvalue weighted by molar-refractivity contribution is 0.0547. The highest BCUT2D eigenvalue weighted by atomic mass is 19.3. The van der Waals surface area contributed by atoms with Crippen LogP contribution < -0.4 is 0 Å². The molecule has 100 valence electrons. The van der Waals surface area contributed by atoms with Crippen LogP contribution in [-0.2, 0) is 0 Å². The maximum Gasteiger partial charge on any atom is 0.251 e. The topological polar surface area (TPSA) is 3.24 Å². The van der Waals surface area contributed by atoms with E-state index in [0.717, 1.165) is 43.7 Å². The van der Waals surface area contributed by atoms with Crippen molar-refractivity contribution in [3.8, 4) is 0 Å². The number of hydrogen-bond acceptors (Lipinski definition) is 1. The van der Waals surface area contributed by atoms with Crippen LogP contribution in [0.4, 0.5) is 8.78 Å². The van der Waals surface area contributed by atoms with E-state index in [4.69, 9.17) is 0 Å². The number of rotatable bonds is 3. The summed E-state index contributed by atoms with van der Waals surface area (Å²) in [6.07, 6.45) is 5.63. The smallest absolute Gasteiger partial charge is 0.251 e. The SMILES string of the molecule is CC1CCC(C2CCN(CC(F)F)CC2)CC1. The molecule has 0 N–H and O–H groups in total. The largest absolute Gasteiger partial charge is 0.298 e. The zero-order chi connectivity index (χ0) is 12.3. The van der Waals surface area contributed by atoms with Gasteiger partial charge in [-0.15, -0.1) is 0 Å². The summed E-state index contributed by atoms with van der Waals surface area (Å²) >= 11 is 0. The van der Waals surface area contributed by atoms with Gasteiger partial charge >= 0.3 is 0 Å². The van der Waals surface area contributed by atoms with Gasteiger partial charge in [-0.05, 0) is 56.5 Å². The Morgan fingerprint density at radius 3 is 2.00 bits per heavy atom. The summed E-state index contributed by atoms with van der Waals surface area (Å²) in [6, 6.07) is 0. The van der Waals surface area contributed by atoms with Gasteiger partial charge in [-0.3, -0.25) is 4.90 Å². The molecule has 2 aliphatic rings. The molecule has 0 spiro atoms. The fourth-order valence-corrected chi connectivity index (χ4v) is 3.56. The first kappa shape index (κ1) is 13.3. The first-order valence-corrected chi connectivity index (χ1v) is 7.15. The van der Waals surface area contributed by atoms with Gasteiger partial charge in [-0.2, -0.15) is 0 Å². The Morgan fingerprint density at radius 2 is 1.47 bits per heavy atom. The Hall–Kier alpha value is -0.180. The molecule has 0 aromatic carbocycles. The first-order valence-electron chi connectivity index (χ1n) is 7.15. The van der Waals surface area contributed by atoms with Crippen LogP contribution in [0.25, 0.3) is 0 Å². The number of hydrogen-bond donors (Lipinski definition) is 0. The van der Waals surface area contributed by atoms with Crippen LogP contribution in [0.5, 0.6) is 0 Å². The number of alkyl halides is 2. The minimum absolute atomic E-state index is 0.0194. The van der Waals surface area contributed by atoms with Crippen molar-refractivity contribution < 1.29 is 8.78 Å². The number of piperidine rings is 1. The van der Waals surface area contributed by atoms with Crippen molar-refractivity contribution in [1.29, 1.82) is 0 Å². The minimum Gasteiger partial charge on any atom is -0.298 e. The Bertz CT molecular complexity index is 216. The third-order valence-corrected chi connectivity index (χ3v) is 4.76. The van der Waals surface area contributed by atoms with Gasteiger partial charge in [0.1, 0.15) is 0 Å². The molecule has 1 heterocycles. The summed E-state index contributed by atoms with van der Waals surface area (Å²) in [6.45, 7) is 4.11. The minimum atomic E-state index is -2.16. The van der Waals surface area contributed by atoms with Crippen LogP contribution in [0.3, 0.4) is 0 Å². The van der Waals surface area contributed by atoms with Crippen LogP contribution in [0.2, 0.25) is 0 Å². The molecule has 0 unspecified atom stereocenters. The van der Waals surface area contributed by atoms with E-state index >= 15 is 0 Å². The maximum absolute atomic E-state index is 12.3. The van der Waals surface area contributed by atoms with Crippen molar-refractivity contribution in [3.63, 3.8) is 0 Å². The number of nitrogens with zero attached hydrogens (tertiary/aromatic N) is 1. The van der Waals surface area contributed by atoms with Gasteiger partial charge in [-0.25, -0.2) is 8.78 Å². The van der Waals surface area contributed by atoms with Crippen LogP contribution in [0, 0.1) is 17.8 Å². The normalized spacial score (nSPS) is 33.2. The summed E-state index contributed by atoms with van der Waals surface area (Å²) in [5.41, 5.74) is 0. The van der Waals surface area contributed by atoms with E-state index in [1.165, 1.54) is 25.7 Å². The first-order chi connectivity index (χ1) is 8.15. The second-order valence-corrected chi connectivity index (χ2v) is 6.05. The van der Waals surface area contributed by atoms with E-state index in [9.17, 15) is 8.78 Å². The molecule has 0 bridgehead atoms. The van der Waals surface area contributed by atoms with Crippen LogP contribution >= 0.6 is 0 Å². The molecular weight excluding hydrogens is 220 g/mol. The lowest BCUT2D eigenvalue weighted by Gasteiger charge is -2.38. The van der Waals surface area contributed by atoms with Gasteiger partial charge in [0, 0.05) is 0 Å². The Kier molecular flexibility index (Phi) is 4.78. The lowest BCUT2D eigenvalue weighted by Crippen LogP contribution is -2.39. The zero-order valence-corrected chi connectivity index (χ0v) is 10.9. The van der Waals surface area contributed by atoms with Crippen LogP contribution in [0.15, 0.2) is 0 Å². The van der Waals surface area contributed by atoms with Gasteiger partial charge in [0.25, 0.3) is 6.43 Å². The molecule has 1 saturated heterocycles. The molecule has 0 amide bonds. The maximum atomic E-state index is 12.3. The molecule has 2 fully saturated rings. The van der Waals surface area contributed by atoms with E-state index in [1.807, 2.05) is 4.90 Å². The van der Waals surface area contributed by atoms with Gasteiger partial charge in [-0.1, -0.05) is 19.8 Å². The molecular formula is C14H25F2N. The predicted molar refractivity (Wildman–Crippen MR) is 66.3 cm³/mol. The highest BCUT2D eigenvalue weighted by Gasteiger charge is 2.29. The Balaban J connectivity index is 1.71. The molecule has 1 saturated carbocycles. The predicted octanol–water partition coefficient (Wildman–Crippen LogP) is 3.79. The van der Waals surface area contributed by atoms with Crippen molar-refractivity contribution in [1.82, 2.24) is 4.90 Å². The van der Waals surface area contributed by atoms with Gasteiger partial charge < -0.3 is 0 Å². The monoisotopic (exact) mass is 245 g/mol. The average molecular weight is 245 g/mol. The summed E-state index contributed by atoms with van der Waals surface area (Å²) < 4.78 is 24.5. The Labute approximate surface area is 104 Å². The molecule has 1 nitrogen and oxygen atoms in total. The molecule has 1 aliphatic heterocycles. The third kappa shape index (κ3) is 3.90. The third-order valence-electron chi connectivity index (χ3n) is 4.76. The van der Waals surface area contributed by atoms with Crippen molar-refractivity contribution in [2.45, 2.75) is 51.9 Å². The van der Waals surface area contributed by atoms with Crippen LogP contribution in [-0.4, -0.2) is 31.0 Å². The van der Waals surface area contributed by atoms with E-state index in [-0.39, 0.29) is 6.54 Å². The van der Waals surface area contributed by atoms with E-state index < -0.39 is 6.43 Å². The Morgan fingerprint density at radius 1 is 0.941 bits per heavy atom. The van der Waals surface area contributed by atoms with E-state index in [2.05, 4.69) is 6.92 Å². The molecule has 0 aromatic rings. The van der Waals surface area contributed by atoms with Crippen molar-refractivity contribution >= 4 is 0 Å². The molecule has 0 aromatic heterocycles. The molecule has 17 heavy (non-hydrogen) atoms. The van der Waals surface area contributed by atoms with Gasteiger partial charge in [0.2, 0.25) is 0 Å². The van der Waals surface area contributed by atoms with Gasteiger partial charge in [0.05, 0.1) is 6.54 Å². The molecule has 0 atom stereocenters. The molecule has 0 radical (unpaired) electrons. The number of likely N-dealkylation sites (tertiary alicyclic amines) is 1. The van der Waals surface area contributed by atoms with Crippen molar-refractivity contribution in [2.24, 2.45) is 17.8 Å². The lowest BCUT2D eigenvalue weighted by atomic mass is 9.73. The highest BCUT2D eigenvalue weighted by Crippen LogP contribution is 2.37. The fourth-order valence-electron chi connectivity index (χ4n) is 3.56. The van der Waals surface area contributed by atoms with E-state index in [0.29, 0.717) is 0 Å². The second kappa shape index (κ2) is 6.12. The highest BCUT2D eigenvalue weighted by molar-refractivity contribution is 4.81. The summed E-state index contributed by atoms with van der Waals surface area (Å²) in [4.78, 5) is 1.94. The molecule has 2 rings (SSSR count). The standard InChI is InChI=1S/C14H25F2N/c1-11-2-4-12(5-3-11)13-6-8-17(9-7-13)10-14(15)16/h11-14H,2-10H2,1H3. The van der Waals surface area contributed by atoms with Crippen molar-refractivity contribution in [3.05, 3.63) is 0 Å². The van der Waals surface area contributed by atoms with Gasteiger partial charge in [0.15, 0.2) is 0 Å². The zero-order valence-electron chi connectivity index (χ0n) is 10.9. The summed E-state index contributed by atoms with van der Waals surface area (Å²) in [5.74, 6) is 2.61. The average Bonchev–Trinajstić information content (AvgIpc) is 2.30. The summed E-state index contributed by atoms with van der Waals surface area (Å²) in [7, 11) is 0. The van der Waals surface area contributed by atoms with Crippen LogP contribution in [0.1, 0.15) is 45.4 Å². The molecule has 3 heteroatoms. The quantitative estimate of drug-likeness (QED) is 0.731. The molecule has 1 aliphatic carbocycles. The number of halogens is 2. The van der Waals surface area contributed by atoms with E-state index in [1.54, 1.807) is 0 Å². The fraction of sp³-hybridized carbons (Fsp3) is 1.00.